The van der Waals surface area contributed by atoms with Crippen LogP contribution >= 0.6 is 0 Å². The molecule has 4 nitrogen and oxygen atoms in total. The van der Waals surface area contributed by atoms with Crippen LogP contribution in [-0.4, -0.2) is 40.6 Å². The van der Waals surface area contributed by atoms with E-state index in [2.05, 4.69) is 53.8 Å². The van der Waals surface area contributed by atoms with Crippen LogP contribution < -0.4 is 5.32 Å². The number of piperazine rings is 1. The fourth-order valence-electron chi connectivity index (χ4n) is 3.21. The number of imidazole rings is 1. The van der Waals surface area contributed by atoms with Crippen LogP contribution in [0, 0.1) is 6.92 Å². The standard InChI is InChI=1S/C16H24N4/c1-4-20-13(3)18-15-11-14(5-6-16(15)20)12(2)19-9-7-17-8-10-19/h5-6,11-12,17H,4,7-10H2,1-3H3. The number of hydrogen-bond acceptors (Lipinski definition) is 3. The van der Waals surface area contributed by atoms with Gasteiger partial charge < -0.3 is 9.88 Å². The van der Waals surface area contributed by atoms with Gasteiger partial charge >= 0.3 is 0 Å². The molecular weight excluding hydrogens is 248 g/mol. The Morgan fingerprint density at radius 1 is 1.30 bits per heavy atom. The summed E-state index contributed by atoms with van der Waals surface area (Å²) in [5.74, 6) is 1.11. The Labute approximate surface area is 120 Å². The molecule has 108 valence electrons. The summed E-state index contributed by atoms with van der Waals surface area (Å²) >= 11 is 0. The van der Waals surface area contributed by atoms with E-state index in [0.29, 0.717) is 6.04 Å². The smallest absolute Gasteiger partial charge is 0.106 e. The van der Waals surface area contributed by atoms with Crippen molar-refractivity contribution in [3.63, 3.8) is 0 Å². The Kier molecular flexibility index (Phi) is 3.76. The van der Waals surface area contributed by atoms with Crippen molar-refractivity contribution in [3.8, 4) is 0 Å². The van der Waals surface area contributed by atoms with E-state index >= 15 is 0 Å². The largest absolute Gasteiger partial charge is 0.329 e. The second kappa shape index (κ2) is 5.54. The molecule has 1 aromatic carbocycles. The van der Waals surface area contributed by atoms with Gasteiger partial charge in [0.15, 0.2) is 0 Å². The van der Waals surface area contributed by atoms with Crippen LogP contribution in [0.5, 0.6) is 0 Å². The van der Waals surface area contributed by atoms with Crippen LogP contribution in [0.1, 0.15) is 31.3 Å². The Morgan fingerprint density at radius 2 is 2.05 bits per heavy atom. The Balaban J connectivity index is 1.92. The summed E-state index contributed by atoms with van der Waals surface area (Å²) in [7, 11) is 0. The second-order valence-corrected chi connectivity index (χ2v) is 5.61. The van der Waals surface area contributed by atoms with E-state index in [9.17, 15) is 0 Å². The van der Waals surface area contributed by atoms with Crippen molar-refractivity contribution in [2.75, 3.05) is 26.2 Å². The Morgan fingerprint density at radius 3 is 2.75 bits per heavy atom. The molecule has 0 bridgehead atoms. The molecule has 1 saturated heterocycles. The molecule has 2 aromatic rings. The number of aryl methyl sites for hydroxylation is 2. The van der Waals surface area contributed by atoms with Gasteiger partial charge in [-0.15, -0.1) is 0 Å². The predicted octanol–water partition coefficient (Wildman–Crippen LogP) is 2.33. The molecule has 0 saturated carbocycles. The first-order chi connectivity index (χ1) is 9.70. The molecule has 1 aromatic heterocycles. The quantitative estimate of drug-likeness (QED) is 0.931. The lowest BCUT2D eigenvalue weighted by Crippen LogP contribution is -2.44. The zero-order valence-corrected chi connectivity index (χ0v) is 12.7. The van der Waals surface area contributed by atoms with E-state index in [1.54, 1.807) is 0 Å². The molecule has 0 aliphatic carbocycles. The molecule has 1 aliphatic rings. The first-order valence-electron chi connectivity index (χ1n) is 7.62. The highest BCUT2D eigenvalue weighted by atomic mass is 15.2. The fraction of sp³-hybridized carbons (Fsp3) is 0.562. The van der Waals surface area contributed by atoms with Gasteiger partial charge in [0.25, 0.3) is 0 Å². The number of aromatic nitrogens is 2. The van der Waals surface area contributed by atoms with Gasteiger partial charge in [-0.1, -0.05) is 6.07 Å². The van der Waals surface area contributed by atoms with E-state index in [1.165, 1.54) is 11.1 Å². The SMILES string of the molecule is CCn1c(C)nc2cc(C(C)N3CCNCC3)ccc21. The van der Waals surface area contributed by atoms with Gasteiger partial charge in [-0.25, -0.2) is 4.98 Å². The van der Waals surface area contributed by atoms with Crippen LogP contribution in [0.25, 0.3) is 11.0 Å². The molecule has 1 unspecified atom stereocenters. The third kappa shape index (κ3) is 2.34. The molecule has 0 spiro atoms. The third-order valence-electron chi connectivity index (χ3n) is 4.46. The van der Waals surface area contributed by atoms with Gasteiger partial charge in [0.1, 0.15) is 5.82 Å². The monoisotopic (exact) mass is 272 g/mol. The second-order valence-electron chi connectivity index (χ2n) is 5.61. The number of hydrogen-bond donors (Lipinski definition) is 1. The van der Waals surface area contributed by atoms with Gasteiger partial charge in [0, 0.05) is 38.8 Å². The highest BCUT2D eigenvalue weighted by Crippen LogP contribution is 2.25. The summed E-state index contributed by atoms with van der Waals surface area (Å²) in [6.07, 6.45) is 0. The van der Waals surface area contributed by atoms with Gasteiger partial charge in [-0.3, -0.25) is 4.90 Å². The molecule has 4 heteroatoms. The average molecular weight is 272 g/mol. The van der Waals surface area contributed by atoms with Crippen LogP contribution in [0.15, 0.2) is 18.2 Å². The first-order valence-corrected chi connectivity index (χ1v) is 7.62. The van der Waals surface area contributed by atoms with Crippen molar-refractivity contribution in [1.82, 2.24) is 19.8 Å². The van der Waals surface area contributed by atoms with E-state index in [1.807, 2.05) is 0 Å². The van der Waals surface area contributed by atoms with Crippen molar-refractivity contribution in [3.05, 3.63) is 29.6 Å². The minimum absolute atomic E-state index is 0.466. The van der Waals surface area contributed by atoms with E-state index in [0.717, 1.165) is 44.1 Å². The zero-order valence-electron chi connectivity index (χ0n) is 12.7. The summed E-state index contributed by atoms with van der Waals surface area (Å²) in [5, 5.41) is 3.41. The van der Waals surface area contributed by atoms with Gasteiger partial charge in [0.05, 0.1) is 11.0 Å². The maximum absolute atomic E-state index is 4.70. The lowest BCUT2D eigenvalue weighted by atomic mass is 10.1. The van der Waals surface area contributed by atoms with Crippen molar-refractivity contribution in [2.45, 2.75) is 33.4 Å². The Hall–Kier alpha value is -1.39. The van der Waals surface area contributed by atoms with Crippen molar-refractivity contribution in [1.29, 1.82) is 0 Å². The maximum Gasteiger partial charge on any atom is 0.106 e. The molecule has 1 aliphatic heterocycles. The van der Waals surface area contributed by atoms with Crippen molar-refractivity contribution < 1.29 is 0 Å². The van der Waals surface area contributed by atoms with Crippen molar-refractivity contribution >= 4 is 11.0 Å². The topological polar surface area (TPSA) is 33.1 Å². The number of benzene rings is 1. The normalized spacial score (nSPS) is 18.6. The predicted molar refractivity (Wildman–Crippen MR) is 83.0 cm³/mol. The summed E-state index contributed by atoms with van der Waals surface area (Å²) in [6, 6.07) is 7.23. The molecular formula is C16H24N4. The third-order valence-corrected chi connectivity index (χ3v) is 4.46. The van der Waals surface area contributed by atoms with Crippen molar-refractivity contribution in [2.24, 2.45) is 0 Å². The highest BCUT2D eigenvalue weighted by molar-refractivity contribution is 5.77. The number of fused-ring (bicyclic) bond motifs is 1. The fourth-order valence-corrected chi connectivity index (χ4v) is 3.21. The zero-order chi connectivity index (χ0) is 14.1. The number of nitrogens with one attached hydrogen (secondary N) is 1. The summed E-state index contributed by atoms with van der Waals surface area (Å²) in [5.41, 5.74) is 3.75. The molecule has 1 atom stereocenters. The van der Waals surface area contributed by atoms with Gasteiger partial charge in [0.2, 0.25) is 0 Å². The average Bonchev–Trinajstić information content (AvgIpc) is 2.81. The van der Waals surface area contributed by atoms with E-state index in [4.69, 9.17) is 4.98 Å². The summed E-state index contributed by atoms with van der Waals surface area (Å²) in [4.78, 5) is 7.25. The molecule has 0 amide bonds. The van der Waals surface area contributed by atoms with Crippen LogP contribution in [0.3, 0.4) is 0 Å². The maximum atomic E-state index is 4.70. The molecule has 1 fully saturated rings. The molecule has 1 N–H and O–H groups in total. The molecule has 2 heterocycles. The molecule has 3 rings (SSSR count). The van der Waals surface area contributed by atoms with Gasteiger partial charge in [-0.05, 0) is 38.5 Å². The van der Waals surface area contributed by atoms with Crippen LogP contribution in [-0.2, 0) is 6.54 Å². The molecule has 0 radical (unpaired) electrons. The van der Waals surface area contributed by atoms with Crippen LogP contribution in [0.2, 0.25) is 0 Å². The number of rotatable bonds is 3. The van der Waals surface area contributed by atoms with Gasteiger partial charge in [-0.2, -0.15) is 0 Å². The summed E-state index contributed by atoms with van der Waals surface area (Å²) < 4.78 is 2.27. The lowest BCUT2D eigenvalue weighted by molar-refractivity contribution is 0.185. The number of nitrogens with zero attached hydrogens (tertiary/aromatic N) is 3. The lowest BCUT2D eigenvalue weighted by Gasteiger charge is -2.33. The minimum atomic E-state index is 0.466. The van der Waals surface area contributed by atoms with E-state index in [-0.39, 0.29) is 0 Å². The Bertz CT molecular complexity index is 596. The van der Waals surface area contributed by atoms with Crippen LogP contribution in [0.4, 0.5) is 0 Å². The first kappa shape index (κ1) is 13.6. The highest BCUT2D eigenvalue weighted by Gasteiger charge is 2.18. The van der Waals surface area contributed by atoms with E-state index < -0.39 is 0 Å². The summed E-state index contributed by atoms with van der Waals surface area (Å²) in [6.45, 7) is 12.0. The molecule has 20 heavy (non-hydrogen) atoms. The minimum Gasteiger partial charge on any atom is -0.329 e.